The van der Waals surface area contributed by atoms with E-state index in [-0.39, 0.29) is 17.9 Å². The summed E-state index contributed by atoms with van der Waals surface area (Å²) in [6.07, 6.45) is 1.65. The summed E-state index contributed by atoms with van der Waals surface area (Å²) in [7, 11) is 4.86. The summed E-state index contributed by atoms with van der Waals surface area (Å²) < 4.78 is 12.9. The second-order valence-electron chi connectivity index (χ2n) is 8.87. The molecular weight excluding hydrogens is 446 g/mol. The number of hydrogen-bond donors (Lipinski definition) is 1. The number of nitrogens with one attached hydrogen (secondary N) is 1. The number of benzene rings is 1. The van der Waals surface area contributed by atoms with E-state index in [1.54, 1.807) is 49.2 Å². The largest absolute Gasteiger partial charge is 0.495 e. The fraction of sp³-hybridized carbons (Fsp3) is 0.308. The number of methoxy groups -OCH3 is 1. The van der Waals surface area contributed by atoms with Gasteiger partial charge in [0, 0.05) is 31.3 Å². The molecule has 3 heterocycles. The van der Waals surface area contributed by atoms with Crippen molar-refractivity contribution in [3.05, 3.63) is 59.2 Å². The summed E-state index contributed by atoms with van der Waals surface area (Å²) in [5.41, 5.74) is 3.26. The van der Waals surface area contributed by atoms with Crippen LogP contribution in [0.25, 0.3) is 22.3 Å². The first-order valence-corrected chi connectivity index (χ1v) is 11.3. The van der Waals surface area contributed by atoms with Crippen molar-refractivity contribution in [2.75, 3.05) is 26.5 Å². The first-order valence-electron chi connectivity index (χ1n) is 11.3. The smallest absolute Gasteiger partial charge is 0.256 e. The molecule has 0 bridgehead atoms. The van der Waals surface area contributed by atoms with E-state index in [1.165, 1.54) is 12.0 Å². The SMILES string of the molecule is COc1ccc(C(=O)N(C)C)cc1NC(=O)c1cc(-c2cc(C)oc2C)nc2c1cnn2C(C)C. The van der Waals surface area contributed by atoms with Crippen LogP contribution in [0.3, 0.4) is 0 Å². The van der Waals surface area contributed by atoms with E-state index in [2.05, 4.69) is 10.4 Å². The van der Waals surface area contributed by atoms with Gasteiger partial charge in [0.15, 0.2) is 5.65 Å². The Bertz CT molecular complexity index is 1430. The topological polar surface area (TPSA) is 102 Å². The average Bonchev–Trinajstić information content (AvgIpc) is 3.40. The Kier molecular flexibility index (Phi) is 6.34. The highest BCUT2D eigenvalue weighted by atomic mass is 16.5. The van der Waals surface area contributed by atoms with Crippen LogP contribution in [0.15, 0.2) is 40.9 Å². The number of pyridine rings is 1. The summed E-state index contributed by atoms with van der Waals surface area (Å²) in [5, 5.41) is 8.01. The predicted molar refractivity (Wildman–Crippen MR) is 134 cm³/mol. The van der Waals surface area contributed by atoms with Gasteiger partial charge in [0.05, 0.1) is 35.6 Å². The van der Waals surface area contributed by atoms with Crippen molar-refractivity contribution < 1.29 is 18.7 Å². The molecule has 2 amide bonds. The number of nitrogens with zero attached hydrogens (tertiary/aromatic N) is 4. The molecule has 0 spiro atoms. The van der Waals surface area contributed by atoms with Crippen molar-refractivity contribution in [3.8, 4) is 17.0 Å². The van der Waals surface area contributed by atoms with Crippen LogP contribution in [0, 0.1) is 13.8 Å². The molecule has 1 aromatic carbocycles. The highest BCUT2D eigenvalue weighted by Gasteiger charge is 2.22. The van der Waals surface area contributed by atoms with Crippen LogP contribution in [0.1, 0.15) is 52.1 Å². The van der Waals surface area contributed by atoms with Crippen LogP contribution < -0.4 is 10.1 Å². The number of carbonyl (C=O) groups excluding carboxylic acids is 2. The zero-order chi connectivity index (χ0) is 25.4. The standard InChI is InChI=1S/C26H29N5O4/c1-14(2)31-24-20(13-27-31)19(12-21(28-24)18-10-15(3)35-16(18)4)25(32)29-22-11-17(26(33)30(5)6)8-9-23(22)34-7/h8-14H,1-7H3,(H,29,32). The Hall–Kier alpha value is -4.14. The third kappa shape index (κ3) is 4.49. The predicted octanol–water partition coefficient (Wildman–Crippen LogP) is 4.85. The van der Waals surface area contributed by atoms with E-state index in [0.29, 0.717) is 45.1 Å². The first kappa shape index (κ1) is 24.0. The third-order valence-corrected chi connectivity index (χ3v) is 5.72. The van der Waals surface area contributed by atoms with Crippen LogP contribution in [-0.4, -0.2) is 52.7 Å². The zero-order valence-corrected chi connectivity index (χ0v) is 21.0. The number of ether oxygens (including phenoxy) is 1. The lowest BCUT2D eigenvalue weighted by molar-refractivity contribution is 0.0827. The molecule has 0 radical (unpaired) electrons. The van der Waals surface area contributed by atoms with Crippen LogP contribution in [0.2, 0.25) is 0 Å². The molecule has 1 N–H and O–H groups in total. The lowest BCUT2D eigenvalue weighted by atomic mass is 10.1. The highest BCUT2D eigenvalue weighted by Crippen LogP contribution is 2.32. The average molecular weight is 476 g/mol. The van der Waals surface area contributed by atoms with Crippen molar-refractivity contribution in [1.82, 2.24) is 19.7 Å². The lowest BCUT2D eigenvalue weighted by Gasteiger charge is -2.15. The van der Waals surface area contributed by atoms with E-state index in [9.17, 15) is 9.59 Å². The number of aromatic nitrogens is 3. The first-order chi connectivity index (χ1) is 16.6. The normalized spacial score (nSPS) is 11.2. The van der Waals surface area contributed by atoms with Crippen LogP contribution in [0.4, 0.5) is 5.69 Å². The van der Waals surface area contributed by atoms with E-state index >= 15 is 0 Å². The molecule has 182 valence electrons. The Balaban J connectivity index is 1.84. The fourth-order valence-corrected chi connectivity index (χ4v) is 3.99. The lowest BCUT2D eigenvalue weighted by Crippen LogP contribution is -2.22. The molecule has 35 heavy (non-hydrogen) atoms. The van der Waals surface area contributed by atoms with Crippen molar-refractivity contribution in [1.29, 1.82) is 0 Å². The van der Waals surface area contributed by atoms with Crippen molar-refractivity contribution in [2.24, 2.45) is 0 Å². The molecule has 4 rings (SSSR count). The molecule has 4 aromatic rings. The fourth-order valence-electron chi connectivity index (χ4n) is 3.99. The number of amides is 2. The number of furan rings is 1. The number of hydrogen-bond acceptors (Lipinski definition) is 6. The van der Waals surface area contributed by atoms with E-state index in [0.717, 1.165) is 11.3 Å². The molecule has 3 aromatic heterocycles. The second-order valence-corrected chi connectivity index (χ2v) is 8.87. The van der Waals surface area contributed by atoms with E-state index in [1.807, 2.05) is 33.8 Å². The quantitative estimate of drug-likeness (QED) is 0.428. The van der Waals surface area contributed by atoms with Crippen molar-refractivity contribution >= 4 is 28.5 Å². The second kappa shape index (κ2) is 9.25. The number of anilines is 1. The maximum absolute atomic E-state index is 13.6. The van der Waals surface area contributed by atoms with Gasteiger partial charge in [-0.3, -0.25) is 9.59 Å². The van der Waals surface area contributed by atoms with E-state index in [4.69, 9.17) is 14.1 Å². The summed E-state index contributed by atoms with van der Waals surface area (Å²) in [6.45, 7) is 7.75. The van der Waals surface area contributed by atoms with Gasteiger partial charge in [-0.25, -0.2) is 9.67 Å². The van der Waals surface area contributed by atoms with Crippen LogP contribution >= 0.6 is 0 Å². The maximum Gasteiger partial charge on any atom is 0.256 e. The molecule has 0 aliphatic heterocycles. The monoisotopic (exact) mass is 475 g/mol. The Morgan fingerprint density at radius 2 is 1.89 bits per heavy atom. The van der Waals surface area contributed by atoms with Gasteiger partial charge in [0.25, 0.3) is 11.8 Å². The number of carbonyl (C=O) groups is 2. The van der Waals surface area contributed by atoms with Gasteiger partial charge in [-0.05, 0) is 58.0 Å². The zero-order valence-electron chi connectivity index (χ0n) is 21.0. The molecule has 0 aliphatic rings. The Morgan fingerprint density at radius 3 is 2.49 bits per heavy atom. The van der Waals surface area contributed by atoms with Gasteiger partial charge in [0.1, 0.15) is 17.3 Å². The number of rotatable bonds is 6. The van der Waals surface area contributed by atoms with Gasteiger partial charge in [0.2, 0.25) is 0 Å². The molecular formula is C26H29N5O4. The summed E-state index contributed by atoms with van der Waals surface area (Å²) >= 11 is 0. The minimum atomic E-state index is -0.368. The van der Waals surface area contributed by atoms with E-state index < -0.39 is 0 Å². The third-order valence-electron chi connectivity index (χ3n) is 5.72. The minimum Gasteiger partial charge on any atom is -0.495 e. The van der Waals surface area contributed by atoms with Gasteiger partial charge in [-0.2, -0.15) is 5.10 Å². The molecule has 9 heteroatoms. The maximum atomic E-state index is 13.6. The molecule has 0 saturated carbocycles. The molecule has 0 unspecified atom stereocenters. The van der Waals surface area contributed by atoms with Crippen molar-refractivity contribution in [3.63, 3.8) is 0 Å². The summed E-state index contributed by atoms with van der Waals surface area (Å²) in [5.74, 6) is 1.37. The van der Waals surface area contributed by atoms with Gasteiger partial charge in [-0.1, -0.05) is 0 Å². The van der Waals surface area contributed by atoms with Gasteiger partial charge < -0.3 is 19.4 Å². The van der Waals surface area contributed by atoms with Crippen molar-refractivity contribution in [2.45, 2.75) is 33.7 Å². The molecule has 0 aliphatic carbocycles. The Morgan fingerprint density at radius 1 is 1.14 bits per heavy atom. The summed E-state index contributed by atoms with van der Waals surface area (Å²) in [4.78, 5) is 32.4. The molecule has 0 saturated heterocycles. The Labute approximate surface area is 203 Å². The highest BCUT2D eigenvalue weighted by molar-refractivity contribution is 6.13. The van der Waals surface area contributed by atoms with Crippen LogP contribution in [-0.2, 0) is 0 Å². The molecule has 0 fully saturated rings. The molecule has 9 nitrogen and oxygen atoms in total. The van der Waals surface area contributed by atoms with Gasteiger partial charge in [-0.15, -0.1) is 0 Å². The summed E-state index contributed by atoms with van der Waals surface area (Å²) in [6, 6.07) is 8.62. The number of aryl methyl sites for hydroxylation is 2. The van der Waals surface area contributed by atoms with Crippen LogP contribution in [0.5, 0.6) is 5.75 Å². The number of fused-ring (bicyclic) bond motifs is 1. The molecule has 0 atom stereocenters. The minimum absolute atomic E-state index is 0.0483. The van der Waals surface area contributed by atoms with Gasteiger partial charge >= 0.3 is 0 Å².